The van der Waals surface area contributed by atoms with Gasteiger partial charge in [0.05, 0.1) is 10.6 Å². The minimum Gasteiger partial charge on any atom is -0.258 e. The van der Waals surface area contributed by atoms with Gasteiger partial charge in [0.2, 0.25) is 0 Å². The molecule has 110 valence electrons. The molecule has 7 heteroatoms. The smallest absolute Gasteiger partial charge is 0.258 e. The summed E-state index contributed by atoms with van der Waals surface area (Å²) >= 11 is 1.47. The molecule has 0 aliphatic carbocycles. The lowest BCUT2D eigenvalue weighted by molar-refractivity contribution is -0.384. The van der Waals surface area contributed by atoms with Gasteiger partial charge in [-0.1, -0.05) is 54.2 Å². The van der Waals surface area contributed by atoms with E-state index in [1.165, 1.54) is 17.8 Å². The van der Waals surface area contributed by atoms with Crippen LogP contribution in [0.15, 0.2) is 64.7 Å². The van der Waals surface area contributed by atoms with Crippen LogP contribution in [0.2, 0.25) is 0 Å². The quantitative estimate of drug-likeness (QED) is 0.696. The molecule has 2 aromatic carbocycles. The van der Waals surface area contributed by atoms with Crippen molar-refractivity contribution in [1.82, 2.24) is 5.43 Å². The maximum Gasteiger partial charge on any atom is 0.294 e. The molecule has 0 unspecified atom stereocenters. The number of hydrazone groups is 1. The fourth-order valence-electron chi connectivity index (χ4n) is 1.97. The van der Waals surface area contributed by atoms with Crippen molar-refractivity contribution in [2.75, 3.05) is 5.75 Å². The van der Waals surface area contributed by atoms with E-state index in [0.29, 0.717) is 16.6 Å². The van der Waals surface area contributed by atoms with Crippen LogP contribution in [0.5, 0.6) is 0 Å². The highest BCUT2D eigenvalue weighted by atomic mass is 32.2. The van der Waals surface area contributed by atoms with Crippen molar-refractivity contribution in [1.29, 1.82) is 0 Å². The number of benzene rings is 2. The van der Waals surface area contributed by atoms with Gasteiger partial charge in [-0.2, -0.15) is 5.10 Å². The van der Waals surface area contributed by atoms with Crippen LogP contribution in [0.4, 0.5) is 11.4 Å². The highest BCUT2D eigenvalue weighted by molar-refractivity contribution is 8.14. The molecule has 0 saturated carbocycles. The average molecular weight is 312 g/mol. The second-order valence-electron chi connectivity index (χ2n) is 4.49. The minimum atomic E-state index is -0.439. The summed E-state index contributed by atoms with van der Waals surface area (Å²) in [6.45, 7) is 0. The Balaban J connectivity index is 1.82. The summed E-state index contributed by atoms with van der Waals surface area (Å²) in [6.07, 6.45) is 0. The molecule has 1 N–H and O–H groups in total. The van der Waals surface area contributed by atoms with Crippen LogP contribution in [-0.4, -0.2) is 21.6 Å². The number of nitrogens with zero attached hydrogens (tertiary/aromatic N) is 3. The first-order valence-corrected chi connectivity index (χ1v) is 7.55. The number of thioether (sulfide) groups is 1. The molecule has 0 radical (unpaired) electrons. The molecule has 1 aliphatic heterocycles. The Bertz CT molecular complexity index is 759. The van der Waals surface area contributed by atoms with Crippen molar-refractivity contribution in [2.45, 2.75) is 0 Å². The largest absolute Gasteiger partial charge is 0.294 e. The van der Waals surface area contributed by atoms with E-state index >= 15 is 0 Å². The minimum absolute atomic E-state index is 0.0183. The zero-order valence-corrected chi connectivity index (χ0v) is 12.3. The Morgan fingerprint density at radius 1 is 1.14 bits per heavy atom. The maximum absolute atomic E-state index is 11.0. The van der Waals surface area contributed by atoms with E-state index in [-0.39, 0.29) is 5.69 Å². The number of amidine groups is 1. The average Bonchev–Trinajstić information content (AvgIpc) is 2.57. The summed E-state index contributed by atoms with van der Waals surface area (Å²) in [7, 11) is 0. The number of nitro groups is 1. The van der Waals surface area contributed by atoms with Crippen LogP contribution in [0.25, 0.3) is 0 Å². The highest BCUT2D eigenvalue weighted by Crippen LogP contribution is 2.28. The molecule has 1 heterocycles. The molecule has 0 fully saturated rings. The second kappa shape index (κ2) is 6.40. The maximum atomic E-state index is 11.0. The third-order valence-corrected chi connectivity index (χ3v) is 3.91. The third kappa shape index (κ3) is 3.15. The Morgan fingerprint density at radius 2 is 1.86 bits per heavy atom. The monoisotopic (exact) mass is 312 g/mol. The highest BCUT2D eigenvalue weighted by Gasteiger charge is 2.16. The van der Waals surface area contributed by atoms with E-state index in [9.17, 15) is 10.1 Å². The number of rotatable bonds is 3. The summed E-state index contributed by atoms with van der Waals surface area (Å²) < 4.78 is 0. The second-order valence-corrected chi connectivity index (χ2v) is 5.45. The SMILES string of the molecule is O=[N+]([O-])c1ccccc1N=C1NN=C(c2ccccc2)CS1. The van der Waals surface area contributed by atoms with E-state index in [0.717, 1.165) is 11.3 Å². The van der Waals surface area contributed by atoms with Crippen LogP contribution >= 0.6 is 11.8 Å². The Kier molecular flexibility index (Phi) is 4.15. The predicted molar refractivity (Wildman–Crippen MR) is 88.8 cm³/mol. The number of hydrogen-bond acceptors (Lipinski definition) is 5. The molecule has 6 nitrogen and oxygen atoms in total. The van der Waals surface area contributed by atoms with Crippen LogP contribution in [-0.2, 0) is 0 Å². The van der Waals surface area contributed by atoms with E-state index in [2.05, 4.69) is 15.5 Å². The Morgan fingerprint density at radius 3 is 2.55 bits per heavy atom. The van der Waals surface area contributed by atoms with Crippen molar-refractivity contribution < 1.29 is 4.92 Å². The molecular weight excluding hydrogens is 300 g/mol. The van der Waals surface area contributed by atoms with Crippen molar-refractivity contribution in [3.63, 3.8) is 0 Å². The van der Waals surface area contributed by atoms with Gasteiger partial charge in [-0.3, -0.25) is 15.5 Å². The summed E-state index contributed by atoms with van der Waals surface area (Å²) in [5, 5.41) is 15.8. The van der Waals surface area contributed by atoms with Gasteiger partial charge in [0.25, 0.3) is 5.69 Å². The molecule has 3 rings (SSSR count). The summed E-state index contributed by atoms with van der Waals surface area (Å²) in [6, 6.07) is 16.2. The van der Waals surface area contributed by atoms with Crippen LogP contribution in [0.3, 0.4) is 0 Å². The lowest BCUT2D eigenvalue weighted by atomic mass is 10.1. The molecule has 0 amide bonds. The molecule has 22 heavy (non-hydrogen) atoms. The lowest BCUT2D eigenvalue weighted by Crippen LogP contribution is -2.25. The van der Waals surface area contributed by atoms with Crippen molar-refractivity contribution in [3.8, 4) is 0 Å². The van der Waals surface area contributed by atoms with Crippen molar-refractivity contribution >= 4 is 34.0 Å². The molecule has 1 aliphatic rings. The van der Waals surface area contributed by atoms with Gasteiger partial charge < -0.3 is 0 Å². The number of nitrogens with one attached hydrogen (secondary N) is 1. The van der Waals surface area contributed by atoms with Gasteiger partial charge in [-0.05, 0) is 11.6 Å². The number of nitro benzene ring substituents is 1. The molecule has 0 saturated heterocycles. The molecular formula is C15H12N4O2S. The molecule has 0 aromatic heterocycles. The van der Waals surface area contributed by atoms with E-state index in [1.54, 1.807) is 18.2 Å². The van der Waals surface area contributed by atoms with Gasteiger partial charge in [-0.25, -0.2) is 4.99 Å². The lowest BCUT2D eigenvalue weighted by Gasteiger charge is -2.14. The first-order valence-electron chi connectivity index (χ1n) is 6.57. The summed E-state index contributed by atoms with van der Waals surface area (Å²) in [5.74, 6) is 0.663. The zero-order chi connectivity index (χ0) is 15.4. The summed E-state index contributed by atoms with van der Waals surface area (Å²) in [4.78, 5) is 14.8. The fraction of sp³-hybridized carbons (Fsp3) is 0.0667. The molecule has 0 atom stereocenters. The Labute approximate surface area is 131 Å². The number of hydrogen-bond donors (Lipinski definition) is 1. The van der Waals surface area contributed by atoms with Crippen molar-refractivity contribution in [2.24, 2.45) is 10.1 Å². The third-order valence-electron chi connectivity index (χ3n) is 3.04. The van der Waals surface area contributed by atoms with Crippen LogP contribution < -0.4 is 5.43 Å². The molecule has 0 bridgehead atoms. The topological polar surface area (TPSA) is 79.9 Å². The molecule has 2 aromatic rings. The predicted octanol–water partition coefficient (Wildman–Crippen LogP) is 3.32. The van der Waals surface area contributed by atoms with Gasteiger partial charge in [0.15, 0.2) is 5.17 Å². The standard InChI is InChI=1S/C15H12N4O2S/c20-19(21)14-9-5-4-8-12(14)16-15-18-17-13(10-22-15)11-6-2-1-3-7-11/h1-9H,10H2,(H,16,18). The number of para-hydroxylation sites is 2. The zero-order valence-electron chi connectivity index (χ0n) is 11.5. The normalized spacial score (nSPS) is 16.0. The van der Waals surface area contributed by atoms with Crippen LogP contribution in [0, 0.1) is 10.1 Å². The Hall–Kier alpha value is -2.67. The van der Waals surface area contributed by atoms with E-state index in [1.807, 2.05) is 30.3 Å². The first kappa shape index (κ1) is 14.3. The van der Waals surface area contributed by atoms with Gasteiger partial charge in [-0.15, -0.1) is 0 Å². The summed E-state index contributed by atoms with van der Waals surface area (Å²) in [5.41, 5.74) is 5.13. The van der Waals surface area contributed by atoms with E-state index in [4.69, 9.17) is 0 Å². The van der Waals surface area contributed by atoms with Gasteiger partial charge in [0, 0.05) is 11.8 Å². The van der Waals surface area contributed by atoms with Crippen LogP contribution in [0.1, 0.15) is 5.56 Å². The van der Waals surface area contributed by atoms with Crippen molar-refractivity contribution in [3.05, 3.63) is 70.3 Å². The van der Waals surface area contributed by atoms with Gasteiger partial charge >= 0.3 is 0 Å². The number of aliphatic imine (C=N–C) groups is 1. The first-order chi connectivity index (χ1) is 10.7. The fourth-order valence-corrected chi connectivity index (χ4v) is 2.75. The van der Waals surface area contributed by atoms with Gasteiger partial charge in [0.1, 0.15) is 5.69 Å². The van der Waals surface area contributed by atoms with E-state index < -0.39 is 4.92 Å². The molecule has 0 spiro atoms.